The Kier molecular flexibility index (Phi) is 6.82. The first-order valence-electron chi connectivity index (χ1n) is 9.88. The summed E-state index contributed by atoms with van der Waals surface area (Å²) in [4.78, 5) is 12.4. The highest BCUT2D eigenvalue weighted by atomic mass is 19.1. The lowest BCUT2D eigenvalue weighted by atomic mass is 10.1. The molecule has 0 aliphatic carbocycles. The van der Waals surface area contributed by atoms with Crippen molar-refractivity contribution < 1.29 is 9.18 Å². The van der Waals surface area contributed by atoms with Crippen molar-refractivity contribution >= 4 is 12.0 Å². The van der Waals surface area contributed by atoms with Crippen molar-refractivity contribution in [2.45, 2.75) is 26.7 Å². The Hall–Kier alpha value is -3.65. The molecular formula is C25H24FN3O. The van der Waals surface area contributed by atoms with E-state index in [1.54, 1.807) is 12.1 Å². The molecule has 3 aromatic rings. The Balaban J connectivity index is 1.70. The number of halogens is 1. The van der Waals surface area contributed by atoms with E-state index in [-0.39, 0.29) is 17.3 Å². The van der Waals surface area contributed by atoms with Crippen LogP contribution in [0.1, 0.15) is 28.9 Å². The van der Waals surface area contributed by atoms with Gasteiger partial charge in [-0.15, -0.1) is 0 Å². The average Bonchev–Trinajstić information content (AvgIpc) is 3.02. The van der Waals surface area contributed by atoms with Crippen molar-refractivity contribution in [2.24, 2.45) is 0 Å². The number of aryl methyl sites for hydroxylation is 2. The highest BCUT2D eigenvalue weighted by Gasteiger charge is 2.14. The molecule has 0 saturated carbocycles. The maximum atomic E-state index is 13.6. The van der Waals surface area contributed by atoms with Crippen molar-refractivity contribution in [1.29, 1.82) is 5.26 Å². The summed E-state index contributed by atoms with van der Waals surface area (Å²) in [6.45, 7) is 4.29. The lowest BCUT2D eigenvalue weighted by molar-refractivity contribution is -0.117. The molecule has 4 nitrogen and oxygen atoms in total. The van der Waals surface area contributed by atoms with Gasteiger partial charge in [-0.2, -0.15) is 5.26 Å². The van der Waals surface area contributed by atoms with Crippen molar-refractivity contribution in [3.8, 4) is 11.8 Å². The van der Waals surface area contributed by atoms with Crippen LogP contribution in [0.5, 0.6) is 0 Å². The molecule has 0 bridgehead atoms. The lowest BCUT2D eigenvalue weighted by Gasteiger charge is -2.09. The average molecular weight is 401 g/mol. The molecule has 2 aromatic carbocycles. The van der Waals surface area contributed by atoms with E-state index in [1.807, 2.05) is 54.8 Å². The molecule has 0 spiro atoms. The molecule has 1 heterocycles. The highest BCUT2D eigenvalue weighted by molar-refractivity contribution is 6.01. The smallest absolute Gasteiger partial charge is 0.261 e. The van der Waals surface area contributed by atoms with Crippen LogP contribution in [0.3, 0.4) is 0 Å². The Labute approximate surface area is 176 Å². The van der Waals surface area contributed by atoms with Gasteiger partial charge in [-0.3, -0.25) is 4.79 Å². The SMILES string of the molecule is Cc1cc(/C=C(/C#N)C(=O)NCCCc2ccccc2)c(C)n1-c1cccc(F)c1. The fourth-order valence-electron chi connectivity index (χ4n) is 3.48. The fraction of sp³-hybridized carbons (Fsp3) is 0.200. The van der Waals surface area contributed by atoms with E-state index < -0.39 is 0 Å². The van der Waals surface area contributed by atoms with Gasteiger partial charge in [0.2, 0.25) is 0 Å². The highest BCUT2D eigenvalue weighted by Crippen LogP contribution is 2.23. The second kappa shape index (κ2) is 9.71. The molecule has 0 aliphatic heterocycles. The summed E-state index contributed by atoms with van der Waals surface area (Å²) in [6.07, 6.45) is 3.24. The standard InChI is InChI=1S/C25H24FN3O/c1-18-14-21(19(2)29(18)24-12-6-11-23(26)16-24)15-22(17-27)25(30)28-13-7-10-20-8-4-3-5-9-20/h3-6,8-9,11-12,14-16H,7,10,13H2,1-2H3,(H,28,30)/b22-15-. The Bertz CT molecular complexity index is 1110. The van der Waals surface area contributed by atoms with Gasteiger partial charge in [0.25, 0.3) is 5.91 Å². The monoisotopic (exact) mass is 401 g/mol. The molecule has 0 radical (unpaired) electrons. The van der Waals surface area contributed by atoms with Crippen molar-refractivity contribution in [2.75, 3.05) is 6.54 Å². The zero-order chi connectivity index (χ0) is 21.5. The number of nitriles is 1. The van der Waals surface area contributed by atoms with Gasteiger partial charge in [-0.05, 0) is 68.2 Å². The Morgan fingerprint density at radius 3 is 2.60 bits per heavy atom. The quantitative estimate of drug-likeness (QED) is 0.348. The van der Waals surface area contributed by atoms with Crippen molar-refractivity contribution in [1.82, 2.24) is 9.88 Å². The normalized spacial score (nSPS) is 11.2. The number of carbonyl (C=O) groups is 1. The van der Waals surface area contributed by atoms with Crippen molar-refractivity contribution in [3.63, 3.8) is 0 Å². The van der Waals surface area contributed by atoms with Crippen LogP contribution >= 0.6 is 0 Å². The van der Waals surface area contributed by atoms with Gasteiger partial charge in [0.15, 0.2) is 0 Å². The molecule has 3 rings (SSSR count). The molecule has 152 valence electrons. The van der Waals surface area contributed by atoms with E-state index in [4.69, 9.17) is 0 Å². The number of nitrogens with zero attached hydrogens (tertiary/aromatic N) is 2. The summed E-state index contributed by atoms with van der Waals surface area (Å²) >= 11 is 0. The van der Waals surface area contributed by atoms with Crippen LogP contribution in [0.4, 0.5) is 4.39 Å². The van der Waals surface area contributed by atoms with Crippen LogP contribution in [-0.2, 0) is 11.2 Å². The van der Waals surface area contributed by atoms with E-state index in [1.165, 1.54) is 17.7 Å². The molecule has 1 amide bonds. The number of rotatable bonds is 7. The van der Waals surface area contributed by atoms with Gasteiger partial charge in [0, 0.05) is 23.6 Å². The molecule has 0 saturated heterocycles. The molecule has 30 heavy (non-hydrogen) atoms. The van der Waals surface area contributed by atoms with E-state index in [0.29, 0.717) is 12.2 Å². The maximum absolute atomic E-state index is 13.6. The van der Waals surface area contributed by atoms with Crippen LogP contribution in [-0.4, -0.2) is 17.0 Å². The minimum Gasteiger partial charge on any atom is -0.351 e. The topological polar surface area (TPSA) is 57.8 Å². The molecule has 0 fully saturated rings. The second-order valence-electron chi connectivity index (χ2n) is 7.16. The van der Waals surface area contributed by atoms with Gasteiger partial charge >= 0.3 is 0 Å². The molecule has 1 N–H and O–H groups in total. The lowest BCUT2D eigenvalue weighted by Crippen LogP contribution is -2.25. The summed E-state index contributed by atoms with van der Waals surface area (Å²) in [5.74, 6) is -0.703. The van der Waals surface area contributed by atoms with Crippen LogP contribution in [0, 0.1) is 31.0 Å². The first-order valence-corrected chi connectivity index (χ1v) is 9.88. The molecule has 0 unspecified atom stereocenters. The Morgan fingerprint density at radius 2 is 1.90 bits per heavy atom. The third-order valence-electron chi connectivity index (χ3n) is 4.97. The van der Waals surface area contributed by atoms with E-state index >= 15 is 0 Å². The van der Waals surface area contributed by atoms with Crippen LogP contribution in [0.25, 0.3) is 11.8 Å². The molecule has 5 heteroatoms. The van der Waals surface area contributed by atoms with E-state index in [2.05, 4.69) is 17.4 Å². The largest absolute Gasteiger partial charge is 0.351 e. The molecule has 0 aliphatic rings. The number of hydrogen-bond donors (Lipinski definition) is 1. The minimum atomic E-state index is -0.388. The van der Waals surface area contributed by atoms with Gasteiger partial charge in [0.1, 0.15) is 17.5 Å². The number of hydrogen-bond acceptors (Lipinski definition) is 2. The first-order chi connectivity index (χ1) is 14.5. The van der Waals surface area contributed by atoms with Gasteiger partial charge in [0.05, 0.1) is 0 Å². The maximum Gasteiger partial charge on any atom is 0.261 e. The summed E-state index contributed by atoms with van der Waals surface area (Å²) in [6, 6.07) is 20.3. The summed E-state index contributed by atoms with van der Waals surface area (Å²) < 4.78 is 15.5. The number of nitrogens with one attached hydrogen (secondary N) is 1. The third-order valence-corrected chi connectivity index (χ3v) is 4.97. The fourth-order valence-corrected chi connectivity index (χ4v) is 3.48. The Morgan fingerprint density at radius 1 is 1.13 bits per heavy atom. The predicted octanol–water partition coefficient (Wildman–Crippen LogP) is 4.89. The zero-order valence-corrected chi connectivity index (χ0v) is 17.2. The molecular weight excluding hydrogens is 377 g/mol. The predicted molar refractivity (Wildman–Crippen MR) is 117 cm³/mol. The van der Waals surface area contributed by atoms with Crippen LogP contribution in [0.15, 0.2) is 66.2 Å². The third kappa shape index (κ3) is 5.03. The number of carbonyl (C=O) groups excluding carboxylic acids is 1. The molecule has 0 atom stereocenters. The van der Waals surface area contributed by atoms with Gasteiger partial charge < -0.3 is 9.88 Å². The second-order valence-corrected chi connectivity index (χ2v) is 7.16. The van der Waals surface area contributed by atoms with E-state index in [0.717, 1.165) is 29.8 Å². The van der Waals surface area contributed by atoms with Crippen LogP contribution in [0.2, 0.25) is 0 Å². The summed E-state index contributed by atoms with van der Waals surface area (Å²) in [7, 11) is 0. The van der Waals surface area contributed by atoms with Gasteiger partial charge in [-0.25, -0.2) is 4.39 Å². The zero-order valence-electron chi connectivity index (χ0n) is 17.2. The summed E-state index contributed by atoms with van der Waals surface area (Å²) in [5.41, 5.74) is 4.45. The number of amides is 1. The molecule has 1 aromatic heterocycles. The summed E-state index contributed by atoms with van der Waals surface area (Å²) in [5, 5.41) is 12.3. The van der Waals surface area contributed by atoms with Gasteiger partial charge in [-0.1, -0.05) is 36.4 Å². The number of aromatic nitrogens is 1. The van der Waals surface area contributed by atoms with Crippen LogP contribution < -0.4 is 5.32 Å². The minimum absolute atomic E-state index is 0.0502. The first kappa shape index (κ1) is 21.1. The van der Waals surface area contributed by atoms with E-state index in [9.17, 15) is 14.4 Å². The number of benzene rings is 2. The van der Waals surface area contributed by atoms with Crippen molar-refractivity contribution in [3.05, 3.63) is 94.6 Å².